The van der Waals surface area contributed by atoms with Crippen LogP contribution in [0.5, 0.6) is 0 Å². The summed E-state index contributed by atoms with van der Waals surface area (Å²) in [7, 11) is 1.71. The van der Waals surface area contributed by atoms with E-state index >= 15 is 0 Å². The minimum Gasteiger partial charge on any atom is -0.350 e. The van der Waals surface area contributed by atoms with E-state index in [1.807, 2.05) is 6.92 Å². The molecule has 0 saturated carbocycles. The molecule has 0 aliphatic rings. The molecule has 0 radical (unpaired) electrons. The summed E-state index contributed by atoms with van der Waals surface area (Å²) in [5.41, 5.74) is -1.32. The van der Waals surface area contributed by atoms with Gasteiger partial charge in [-0.25, -0.2) is 0 Å². The molecule has 19 heavy (non-hydrogen) atoms. The highest BCUT2D eigenvalue weighted by molar-refractivity contribution is 9.10. The van der Waals surface area contributed by atoms with Crippen molar-refractivity contribution in [2.24, 2.45) is 0 Å². The summed E-state index contributed by atoms with van der Waals surface area (Å²) < 4.78 is 38.8. The van der Waals surface area contributed by atoms with E-state index < -0.39 is 17.6 Å². The maximum Gasteiger partial charge on any atom is 0.417 e. The molecule has 1 rings (SSSR count). The van der Waals surface area contributed by atoms with E-state index in [2.05, 4.69) is 26.6 Å². The van der Waals surface area contributed by atoms with Crippen LogP contribution < -0.4 is 10.6 Å². The largest absolute Gasteiger partial charge is 0.417 e. The van der Waals surface area contributed by atoms with Crippen LogP contribution in [0.4, 0.5) is 13.2 Å². The minimum atomic E-state index is -4.56. The molecular formula is C12H14BrF3N2O. The lowest BCUT2D eigenvalue weighted by Crippen LogP contribution is -2.37. The molecule has 0 aliphatic carbocycles. The third-order valence-electron chi connectivity index (χ3n) is 2.59. The molecule has 0 aromatic heterocycles. The van der Waals surface area contributed by atoms with Crippen LogP contribution in [0.2, 0.25) is 0 Å². The van der Waals surface area contributed by atoms with Gasteiger partial charge >= 0.3 is 6.18 Å². The second-order valence-electron chi connectivity index (χ2n) is 4.09. The van der Waals surface area contributed by atoms with E-state index in [9.17, 15) is 18.0 Å². The predicted octanol–water partition coefficient (Wildman–Crippen LogP) is 2.81. The Kier molecular flexibility index (Phi) is 5.37. The Labute approximate surface area is 117 Å². The number of alkyl halides is 3. The van der Waals surface area contributed by atoms with Crippen LogP contribution in [0.25, 0.3) is 0 Å². The highest BCUT2D eigenvalue weighted by Gasteiger charge is 2.35. The van der Waals surface area contributed by atoms with Gasteiger partial charge in [0.2, 0.25) is 0 Å². The Bertz CT molecular complexity index is 463. The average Bonchev–Trinajstić information content (AvgIpc) is 2.34. The maximum absolute atomic E-state index is 12.8. The average molecular weight is 339 g/mol. The van der Waals surface area contributed by atoms with Crippen LogP contribution in [-0.2, 0) is 6.18 Å². The third-order valence-corrected chi connectivity index (χ3v) is 3.09. The molecule has 0 aliphatic heterocycles. The first-order valence-electron chi connectivity index (χ1n) is 5.58. The van der Waals surface area contributed by atoms with Crippen LogP contribution in [-0.4, -0.2) is 25.5 Å². The van der Waals surface area contributed by atoms with Crippen molar-refractivity contribution < 1.29 is 18.0 Å². The lowest BCUT2D eigenvalue weighted by Gasteiger charge is -2.15. The first-order valence-corrected chi connectivity index (χ1v) is 6.37. The summed E-state index contributed by atoms with van der Waals surface area (Å²) >= 11 is 2.97. The second-order valence-corrected chi connectivity index (χ2v) is 5.00. The van der Waals surface area contributed by atoms with E-state index in [4.69, 9.17) is 0 Å². The number of rotatable bonds is 4. The summed E-state index contributed by atoms with van der Waals surface area (Å²) in [5, 5.41) is 5.35. The van der Waals surface area contributed by atoms with Crippen molar-refractivity contribution in [2.75, 3.05) is 13.6 Å². The van der Waals surface area contributed by atoms with E-state index in [0.717, 1.165) is 12.1 Å². The van der Waals surface area contributed by atoms with Crippen molar-refractivity contribution in [3.05, 3.63) is 33.8 Å². The van der Waals surface area contributed by atoms with Crippen molar-refractivity contribution in [1.29, 1.82) is 0 Å². The normalized spacial score (nSPS) is 13.2. The highest BCUT2D eigenvalue weighted by Crippen LogP contribution is 2.33. The van der Waals surface area contributed by atoms with Gasteiger partial charge in [-0.1, -0.05) is 15.9 Å². The molecule has 0 fully saturated rings. The van der Waals surface area contributed by atoms with Crippen molar-refractivity contribution in [3.63, 3.8) is 0 Å². The van der Waals surface area contributed by atoms with Gasteiger partial charge in [-0.2, -0.15) is 13.2 Å². The number of halogens is 4. The number of likely N-dealkylation sites (N-methyl/N-ethyl adjacent to an activating group) is 1. The molecule has 0 spiro atoms. The van der Waals surface area contributed by atoms with E-state index in [1.54, 1.807) is 7.05 Å². The van der Waals surface area contributed by atoms with Crippen molar-refractivity contribution in [1.82, 2.24) is 10.6 Å². The van der Waals surface area contributed by atoms with Crippen LogP contribution >= 0.6 is 15.9 Å². The lowest BCUT2D eigenvalue weighted by atomic mass is 10.1. The number of nitrogens with one attached hydrogen (secondary N) is 2. The lowest BCUT2D eigenvalue weighted by molar-refractivity contribution is -0.138. The van der Waals surface area contributed by atoms with Gasteiger partial charge in [0.15, 0.2) is 0 Å². The first kappa shape index (κ1) is 16.0. The topological polar surface area (TPSA) is 41.1 Å². The molecule has 1 unspecified atom stereocenters. The predicted molar refractivity (Wildman–Crippen MR) is 70.0 cm³/mol. The molecule has 0 bridgehead atoms. The molecule has 7 heteroatoms. The standard InChI is InChI=1S/C12H14BrF3N2O/c1-7(17-2)6-18-11(19)9-4-3-8(13)5-10(9)12(14,15)16/h3-5,7,17H,6H2,1-2H3,(H,18,19). The fourth-order valence-electron chi connectivity index (χ4n) is 1.39. The molecule has 106 valence electrons. The smallest absolute Gasteiger partial charge is 0.350 e. The summed E-state index contributed by atoms with van der Waals surface area (Å²) in [6.45, 7) is 2.06. The van der Waals surface area contributed by atoms with E-state index in [-0.39, 0.29) is 22.6 Å². The Morgan fingerprint density at radius 3 is 2.58 bits per heavy atom. The van der Waals surface area contributed by atoms with Crippen LogP contribution in [0.15, 0.2) is 22.7 Å². The molecule has 1 aromatic rings. The molecule has 3 nitrogen and oxygen atoms in total. The van der Waals surface area contributed by atoms with Gasteiger partial charge in [0.05, 0.1) is 11.1 Å². The zero-order valence-electron chi connectivity index (χ0n) is 10.4. The Morgan fingerprint density at radius 2 is 2.05 bits per heavy atom. The Balaban J connectivity index is 2.97. The molecule has 2 N–H and O–H groups in total. The van der Waals surface area contributed by atoms with Crippen LogP contribution in [0.1, 0.15) is 22.8 Å². The fourth-order valence-corrected chi connectivity index (χ4v) is 1.75. The number of benzene rings is 1. The summed E-state index contributed by atoms with van der Waals surface area (Å²) in [5.74, 6) is -0.734. The third kappa shape index (κ3) is 4.50. The van der Waals surface area contributed by atoms with Crippen molar-refractivity contribution in [2.45, 2.75) is 19.1 Å². The SMILES string of the molecule is CNC(C)CNC(=O)c1ccc(Br)cc1C(F)(F)F. The Morgan fingerprint density at radius 1 is 1.42 bits per heavy atom. The number of hydrogen-bond donors (Lipinski definition) is 2. The maximum atomic E-state index is 12.8. The van der Waals surface area contributed by atoms with Gasteiger partial charge < -0.3 is 10.6 Å². The van der Waals surface area contributed by atoms with E-state index in [0.29, 0.717) is 0 Å². The Hall–Kier alpha value is -1.08. The van der Waals surface area contributed by atoms with Gasteiger partial charge in [-0.15, -0.1) is 0 Å². The van der Waals surface area contributed by atoms with Gasteiger partial charge in [-0.3, -0.25) is 4.79 Å². The quantitative estimate of drug-likeness (QED) is 0.886. The number of amides is 1. The molecule has 1 aromatic carbocycles. The first-order chi connectivity index (χ1) is 8.75. The van der Waals surface area contributed by atoms with Gasteiger partial charge in [0, 0.05) is 17.1 Å². The van der Waals surface area contributed by atoms with Crippen molar-refractivity contribution >= 4 is 21.8 Å². The molecule has 0 heterocycles. The summed E-state index contributed by atoms with van der Waals surface area (Å²) in [6.07, 6.45) is -4.56. The monoisotopic (exact) mass is 338 g/mol. The fraction of sp³-hybridized carbons (Fsp3) is 0.417. The van der Waals surface area contributed by atoms with Gasteiger partial charge in [-0.05, 0) is 32.2 Å². The molecule has 0 saturated heterocycles. The number of carbonyl (C=O) groups is 1. The molecular weight excluding hydrogens is 325 g/mol. The zero-order chi connectivity index (χ0) is 14.6. The molecule has 1 amide bonds. The number of hydrogen-bond acceptors (Lipinski definition) is 2. The van der Waals surface area contributed by atoms with Gasteiger partial charge in [0.1, 0.15) is 0 Å². The summed E-state index contributed by atoms with van der Waals surface area (Å²) in [4.78, 5) is 11.8. The van der Waals surface area contributed by atoms with Crippen molar-refractivity contribution in [3.8, 4) is 0 Å². The van der Waals surface area contributed by atoms with Crippen LogP contribution in [0, 0.1) is 0 Å². The summed E-state index contributed by atoms with van der Waals surface area (Å²) in [6, 6.07) is 3.45. The molecule has 1 atom stereocenters. The van der Waals surface area contributed by atoms with Gasteiger partial charge in [0.25, 0.3) is 5.91 Å². The van der Waals surface area contributed by atoms with Crippen LogP contribution in [0.3, 0.4) is 0 Å². The van der Waals surface area contributed by atoms with E-state index in [1.165, 1.54) is 6.07 Å². The zero-order valence-corrected chi connectivity index (χ0v) is 12.0. The second kappa shape index (κ2) is 6.38. The minimum absolute atomic E-state index is 0.0197. The highest BCUT2D eigenvalue weighted by atomic mass is 79.9. The number of carbonyl (C=O) groups excluding carboxylic acids is 1.